The number of furan rings is 1. The lowest BCUT2D eigenvalue weighted by molar-refractivity contribution is -0.117. The van der Waals surface area contributed by atoms with Crippen LogP contribution in [0.5, 0.6) is 5.75 Å². The minimum absolute atomic E-state index is 0.0610. The number of aryl methyl sites for hydroxylation is 1. The predicted octanol–water partition coefficient (Wildman–Crippen LogP) is 4.64. The average Bonchev–Trinajstić information content (AvgIpc) is 3.03. The van der Waals surface area contributed by atoms with E-state index in [4.69, 9.17) is 9.15 Å². The highest BCUT2D eigenvalue weighted by molar-refractivity contribution is 5.93. The van der Waals surface area contributed by atoms with Crippen LogP contribution in [0.25, 0.3) is 17.0 Å². The number of carbonyl (C=O) groups excluding carboxylic acids is 1. The van der Waals surface area contributed by atoms with E-state index >= 15 is 0 Å². The number of carbonyl (C=O) groups is 1. The highest BCUT2D eigenvalue weighted by Crippen LogP contribution is 2.28. The van der Waals surface area contributed by atoms with Gasteiger partial charge in [0, 0.05) is 11.5 Å². The molecule has 0 saturated carbocycles. The van der Waals surface area contributed by atoms with Crippen LogP contribution in [0.1, 0.15) is 29.9 Å². The van der Waals surface area contributed by atoms with Crippen LogP contribution in [-0.4, -0.2) is 13.0 Å². The van der Waals surface area contributed by atoms with Gasteiger partial charge in [-0.15, -0.1) is 0 Å². The summed E-state index contributed by atoms with van der Waals surface area (Å²) in [5.41, 5.74) is 2.94. The number of para-hydroxylation sites is 1. The minimum Gasteiger partial charge on any atom is -0.493 e. The van der Waals surface area contributed by atoms with E-state index in [9.17, 15) is 4.79 Å². The number of ether oxygens (including phenoxy) is 1. The van der Waals surface area contributed by atoms with Crippen molar-refractivity contribution < 1.29 is 13.9 Å². The van der Waals surface area contributed by atoms with Crippen LogP contribution in [0, 0.1) is 6.92 Å². The third-order valence-corrected chi connectivity index (χ3v) is 4.16. The van der Waals surface area contributed by atoms with Gasteiger partial charge in [0.15, 0.2) is 11.3 Å². The summed E-state index contributed by atoms with van der Waals surface area (Å²) < 4.78 is 11.0. The van der Waals surface area contributed by atoms with Gasteiger partial charge in [0.05, 0.1) is 13.2 Å². The molecule has 0 radical (unpaired) electrons. The summed E-state index contributed by atoms with van der Waals surface area (Å²) in [6.45, 7) is 4.01. The Morgan fingerprint density at radius 2 is 2.00 bits per heavy atom. The molecule has 1 heterocycles. The summed E-state index contributed by atoms with van der Waals surface area (Å²) in [6, 6.07) is 15.5. The van der Waals surface area contributed by atoms with Crippen molar-refractivity contribution in [2.45, 2.75) is 19.9 Å². The fourth-order valence-electron chi connectivity index (χ4n) is 2.87. The molecule has 0 fully saturated rings. The van der Waals surface area contributed by atoms with Gasteiger partial charge in [-0.1, -0.05) is 36.4 Å². The topological polar surface area (TPSA) is 51.5 Å². The van der Waals surface area contributed by atoms with Crippen LogP contribution in [0.2, 0.25) is 0 Å². The summed E-state index contributed by atoms with van der Waals surface area (Å²) in [6.07, 6.45) is 3.15. The first-order chi connectivity index (χ1) is 12.1. The van der Waals surface area contributed by atoms with Gasteiger partial charge in [0.1, 0.15) is 5.76 Å². The Labute approximate surface area is 147 Å². The van der Waals surface area contributed by atoms with Gasteiger partial charge in [-0.3, -0.25) is 4.79 Å². The summed E-state index contributed by atoms with van der Waals surface area (Å²) in [4.78, 5) is 12.2. The first-order valence-electron chi connectivity index (χ1n) is 8.19. The van der Waals surface area contributed by atoms with Gasteiger partial charge < -0.3 is 14.5 Å². The maximum Gasteiger partial charge on any atom is 0.244 e. The highest BCUT2D eigenvalue weighted by atomic mass is 16.5. The molecule has 3 rings (SSSR count). The molecule has 2 aromatic carbocycles. The molecule has 1 aromatic heterocycles. The fraction of sp³-hybridized carbons (Fsp3) is 0.190. The lowest BCUT2D eigenvalue weighted by Gasteiger charge is -2.15. The van der Waals surface area contributed by atoms with Crippen LogP contribution in [0.15, 0.2) is 59.0 Å². The van der Waals surface area contributed by atoms with Gasteiger partial charge in [-0.25, -0.2) is 0 Å². The summed E-state index contributed by atoms with van der Waals surface area (Å²) >= 11 is 0. The van der Waals surface area contributed by atoms with E-state index in [1.807, 2.05) is 62.4 Å². The Bertz CT molecular complexity index is 924. The first kappa shape index (κ1) is 16.8. The number of rotatable bonds is 5. The van der Waals surface area contributed by atoms with E-state index in [2.05, 4.69) is 5.32 Å². The Balaban J connectivity index is 1.71. The van der Waals surface area contributed by atoms with E-state index in [0.717, 1.165) is 16.5 Å². The van der Waals surface area contributed by atoms with Gasteiger partial charge in [0.25, 0.3) is 0 Å². The van der Waals surface area contributed by atoms with Crippen LogP contribution in [0.4, 0.5) is 0 Å². The Kier molecular flexibility index (Phi) is 4.89. The summed E-state index contributed by atoms with van der Waals surface area (Å²) in [5.74, 6) is 1.12. The van der Waals surface area contributed by atoms with Gasteiger partial charge in [0.2, 0.25) is 5.91 Å². The Hall–Kier alpha value is -3.01. The molecule has 0 saturated heterocycles. The molecule has 1 N–H and O–H groups in total. The molecular formula is C21H21NO3. The van der Waals surface area contributed by atoms with E-state index in [0.29, 0.717) is 17.1 Å². The normalized spacial score (nSPS) is 12.4. The van der Waals surface area contributed by atoms with Crippen molar-refractivity contribution in [1.82, 2.24) is 5.32 Å². The number of nitrogens with one attached hydrogen (secondary N) is 1. The molecule has 3 aromatic rings. The smallest absolute Gasteiger partial charge is 0.244 e. The molecule has 25 heavy (non-hydrogen) atoms. The predicted molar refractivity (Wildman–Crippen MR) is 99.5 cm³/mol. The SMILES string of the molecule is COc1cccc2cc(/C=C/C(=O)NC(C)c3ccccc3C)oc12. The van der Waals surface area contributed by atoms with E-state index in [1.54, 1.807) is 13.2 Å². The van der Waals surface area contributed by atoms with Crippen LogP contribution in [-0.2, 0) is 4.79 Å². The van der Waals surface area contributed by atoms with E-state index < -0.39 is 0 Å². The van der Waals surface area contributed by atoms with Crippen molar-refractivity contribution in [2.24, 2.45) is 0 Å². The number of benzene rings is 2. The quantitative estimate of drug-likeness (QED) is 0.691. The number of hydrogen-bond donors (Lipinski definition) is 1. The monoisotopic (exact) mass is 335 g/mol. The molecule has 1 unspecified atom stereocenters. The maximum absolute atomic E-state index is 12.2. The van der Waals surface area contributed by atoms with Gasteiger partial charge >= 0.3 is 0 Å². The molecule has 4 nitrogen and oxygen atoms in total. The molecule has 128 valence electrons. The minimum atomic E-state index is -0.164. The third kappa shape index (κ3) is 3.74. The van der Waals surface area contributed by atoms with Crippen molar-refractivity contribution in [3.8, 4) is 5.75 Å². The molecule has 0 spiro atoms. The molecule has 0 aliphatic carbocycles. The molecule has 0 bridgehead atoms. The largest absolute Gasteiger partial charge is 0.493 e. The van der Waals surface area contributed by atoms with Gasteiger partial charge in [-0.2, -0.15) is 0 Å². The zero-order chi connectivity index (χ0) is 17.8. The lowest BCUT2D eigenvalue weighted by Crippen LogP contribution is -2.25. The van der Waals surface area contributed by atoms with E-state index in [1.165, 1.54) is 6.08 Å². The van der Waals surface area contributed by atoms with Crippen LogP contribution < -0.4 is 10.1 Å². The second-order valence-electron chi connectivity index (χ2n) is 5.95. The van der Waals surface area contributed by atoms with Crippen molar-refractivity contribution in [3.05, 3.63) is 71.5 Å². The third-order valence-electron chi connectivity index (χ3n) is 4.16. The molecule has 0 aliphatic rings. The highest BCUT2D eigenvalue weighted by Gasteiger charge is 2.10. The zero-order valence-electron chi connectivity index (χ0n) is 14.6. The second-order valence-corrected chi connectivity index (χ2v) is 5.95. The molecule has 1 atom stereocenters. The van der Waals surface area contributed by atoms with Crippen molar-refractivity contribution in [3.63, 3.8) is 0 Å². The standard InChI is InChI=1S/C21H21NO3/c1-14-7-4-5-9-18(14)15(2)22-20(23)12-11-17-13-16-8-6-10-19(24-3)21(16)25-17/h4-13,15H,1-3H3,(H,22,23)/b12-11+. The molecule has 4 heteroatoms. The molecule has 0 aliphatic heterocycles. The summed E-state index contributed by atoms with van der Waals surface area (Å²) in [5, 5.41) is 3.91. The second kappa shape index (κ2) is 7.26. The number of methoxy groups -OCH3 is 1. The zero-order valence-corrected chi connectivity index (χ0v) is 14.6. The Morgan fingerprint density at radius 3 is 2.76 bits per heavy atom. The Morgan fingerprint density at radius 1 is 1.20 bits per heavy atom. The fourth-order valence-corrected chi connectivity index (χ4v) is 2.87. The van der Waals surface area contributed by atoms with Gasteiger partial charge in [-0.05, 0) is 43.2 Å². The van der Waals surface area contributed by atoms with Crippen LogP contribution >= 0.6 is 0 Å². The first-order valence-corrected chi connectivity index (χ1v) is 8.19. The lowest BCUT2D eigenvalue weighted by atomic mass is 10.0. The maximum atomic E-state index is 12.2. The van der Waals surface area contributed by atoms with Crippen LogP contribution in [0.3, 0.4) is 0 Å². The number of fused-ring (bicyclic) bond motifs is 1. The van der Waals surface area contributed by atoms with Crippen molar-refractivity contribution in [1.29, 1.82) is 0 Å². The number of hydrogen-bond acceptors (Lipinski definition) is 3. The summed E-state index contributed by atoms with van der Waals surface area (Å²) in [7, 11) is 1.60. The molecular weight excluding hydrogens is 314 g/mol. The molecule has 1 amide bonds. The van der Waals surface area contributed by atoms with Crippen molar-refractivity contribution >= 4 is 23.0 Å². The van der Waals surface area contributed by atoms with Crippen molar-refractivity contribution in [2.75, 3.05) is 7.11 Å². The average molecular weight is 335 g/mol. The number of amides is 1. The van der Waals surface area contributed by atoms with E-state index in [-0.39, 0.29) is 11.9 Å².